The molecule has 27 heavy (non-hydrogen) atoms. The van der Waals surface area contributed by atoms with E-state index in [1.807, 2.05) is 6.07 Å². The third-order valence-corrected chi connectivity index (χ3v) is 4.75. The summed E-state index contributed by atoms with van der Waals surface area (Å²) in [5.74, 6) is 6.43. The zero-order chi connectivity index (χ0) is 18.6. The summed E-state index contributed by atoms with van der Waals surface area (Å²) in [7, 11) is 0. The van der Waals surface area contributed by atoms with E-state index in [4.69, 9.17) is 9.47 Å². The Morgan fingerprint density at radius 2 is 2.19 bits per heavy atom. The topological polar surface area (TPSA) is 60.5 Å². The summed E-state index contributed by atoms with van der Waals surface area (Å²) in [4.78, 5) is 16.1. The number of halogens is 1. The standard InChI is InChI=1S/C21H19FN2O3/c22-18-6-2-5-16(10-18)20-19(24-21(25)27-20)17-9-15(11-23-12-17)4-1-3-14-7-8-26-13-14/h2,5-6,9-12,14,19-20H,3,7-8,13H2,(H,24,25)/t14?,19-,20-/m1/s1. The summed E-state index contributed by atoms with van der Waals surface area (Å²) in [5, 5.41) is 2.78. The van der Waals surface area contributed by atoms with Gasteiger partial charge in [0.1, 0.15) is 11.9 Å². The van der Waals surface area contributed by atoms with Crippen LogP contribution in [-0.4, -0.2) is 24.3 Å². The fraction of sp³-hybridized carbons (Fsp3) is 0.333. The molecule has 1 N–H and O–H groups in total. The van der Waals surface area contributed by atoms with Gasteiger partial charge in [0, 0.05) is 31.0 Å². The van der Waals surface area contributed by atoms with Crippen molar-refractivity contribution >= 4 is 6.09 Å². The van der Waals surface area contributed by atoms with Crippen molar-refractivity contribution in [2.24, 2.45) is 5.92 Å². The molecule has 3 heterocycles. The number of rotatable bonds is 3. The Labute approximate surface area is 156 Å². The van der Waals surface area contributed by atoms with Crippen LogP contribution in [0.5, 0.6) is 0 Å². The van der Waals surface area contributed by atoms with E-state index < -0.39 is 18.2 Å². The molecule has 0 bridgehead atoms. The van der Waals surface area contributed by atoms with E-state index in [0.717, 1.165) is 37.2 Å². The second-order valence-electron chi connectivity index (χ2n) is 6.75. The number of benzene rings is 1. The van der Waals surface area contributed by atoms with Crippen LogP contribution in [0.15, 0.2) is 42.7 Å². The minimum absolute atomic E-state index is 0.372. The van der Waals surface area contributed by atoms with Crippen LogP contribution in [0.25, 0.3) is 0 Å². The normalized spacial score (nSPS) is 24.0. The van der Waals surface area contributed by atoms with Gasteiger partial charge in [-0.3, -0.25) is 4.98 Å². The van der Waals surface area contributed by atoms with Crippen molar-refractivity contribution < 1.29 is 18.7 Å². The van der Waals surface area contributed by atoms with Crippen LogP contribution in [-0.2, 0) is 9.47 Å². The quantitative estimate of drug-likeness (QED) is 0.845. The smallest absolute Gasteiger partial charge is 0.408 e. The molecule has 138 valence electrons. The van der Waals surface area contributed by atoms with Gasteiger partial charge < -0.3 is 14.8 Å². The zero-order valence-corrected chi connectivity index (χ0v) is 14.7. The zero-order valence-electron chi connectivity index (χ0n) is 14.7. The van der Waals surface area contributed by atoms with Crippen molar-refractivity contribution in [1.82, 2.24) is 10.3 Å². The highest BCUT2D eigenvalue weighted by Crippen LogP contribution is 2.36. The summed E-state index contributed by atoms with van der Waals surface area (Å²) in [6.07, 6.45) is 4.05. The van der Waals surface area contributed by atoms with Crippen molar-refractivity contribution in [2.75, 3.05) is 13.2 Å². The molecule has 0 spiro atoms. The lowest BCUT2D eigenvalue weighted by atomic mass is 9.97. The fourth-order valence-corrected chi connectivity index (χ4v) is 3.36. The molecule has 0 aliphatic carbocycles. The van der Waals surface area contributed by atoms with Gasteiger partial charge in [0.2, 0.25) is 0 Å². The molecular weight excluding hydrogens is 347 g/mol. The molecule has 6 heteroatoms. The molecule has 1 aromatic carbocycles. The van der Waals surface area contributed by atoms with Crippen LogP contribution >= 0.6 is 0 Å². The number of carbonyl (C=O) groups excluding carboxylic acids is 1. The van der Waals surface area contributed by atoms with Crippen LogP contribution in [0.4, 0.5) is 9.18 Å². The summed E-state index contributed by atoms with van der Waals surface area (Å²) < 4.78 is 24.3. The van der Waals surface area contributed by atoms with Crippen LogP contribution in [0.2, 0.25) is 0 Å². The van der Waals surface area contributed by atoms with Crippen molar-refractivity contribution in [3.63, 3.8) is 0 Å². The molecule has 2 saturated heterocycles. The number of carbonyl (C=O) groups is 1. The van der Waals surface area contributed by atoms with Crippen LogP contribution < -0.4 is 5.32 Å². The van der Waals surface area contributed by atoms with Gasteiger partial charge >= 0.3 is 6.09 Å². The van der Waals surface area contributed by atoms with E-state index in [1.165, 1.54) is 12.1 Å². The first-order valence-corrected chi connectivity index (χ1v) is 8.93. The van der Waals surface area contributed by atoms with Crippen molar-refractivity contribution in [2.45, 2.75) is 25.0 Å². The van der Waals surface area contributed by atoms with Crippen molar-refractivity contribution in [1.29, 1.82) is 0 Å². The third kappa shape index (κ3) is 4.09. The summed E-state index contributed by atoms with van der Waals surface area (Å²) in [5.41, 5.74) is 2.13. The lowest BCUT2D eigenvalue weighted by molar-refractivity contribution is 0.132. The number of nitrogens with one attached hydrogen (secondary N) is 1. The lowest BCUT2D eigenvalue weighted by Crippen LogP contribution is -2.19. The Kier molecular flexibility index (Phi) is 5.03. The first kappa shape index (κ1) is 17.5. The maximum Gasteiger partial charge on any atom is 0.408 e. The predicted molar refractivity (Wildman–Crippen MR) is 96.2 cm³/mol. The number of cyclic esters (lactones) is 1. The molecule has 2 aromatic rings. The maximum absolute atomic E-state index is 13.6. The number of aromatic nitrogens is 1. The Balaban J connectivity index is 1.54. The molecule has 1 aromatic heterocycles. The second kappa shape index (κ2) is 7.77. The summed E-state index contributed by atoms with van der Waals surface area (Å²) in [6.45, 7) is 1.58. The number of pyridine rings is 1. The molecule has 1 amide bonds. The highest BCUT2D eigenvalue weighted by atomic mass is 19.1. The molecule has 2 aliphatic rings. The van der Waals surface area contributed by atoms with Crippen LogP contribution in [0, 0.1) is 23.6 Å². The minimum Gasteiger partial charge on any atom is -0.439 e. The van der Waals surface area contributed by atoms with Gasteiger partial charge in [-0.05, 0) is 41.7 Å². The van der Waals surface area contributed by atoms with E-state index in [0.29, 0.717) is 11.5 Å². The van der Waals surface area contributed by atoms with E-state index in [1.54, 1.807) is 24.5 Å². The molecular formula is C21H19FN2O3. The van der Waals surface area contributed by atoms with E-state index in [9.17, 15) is 9.18 Å². The number of nitrogens with zero attached hydrogens (tertiary/aromatic N) is 1. The molecule has 2 aliphatic heterocycles. The molecule has 4 rings (SSSR count). The first-order chi connectivity index (χ1) is 13.2. The van der Waals surface area contributed by atoms with E-state index >= 15 is 0 Å². The van der Waals surface area contributed by atoms with Gasteiger partial charge in [0.25, 0.3) is 0 Å². The minimum atomic E-state index is -0.617. The average Bonchev–Trinajstić information content (AvgIpc) is 3.32. The van der Waals surface area contributed by atoms with Gasteiger partial charge in [-0.25, -0.2) is 9.18 Å². The number of alkyl carbamates (subject to hydrolysis) is 1. The number of hydrogen-bond acceptors (Lipinski definition) is 4. The van der Waals surface area contributed by atoms with Gasteiger partial charge in [0.15, 0.2) is 6.10 Å². The summed E-state index contributed by atoms with van der Waals surface area (Å²) >= 11 is 0. The first-order valence-electron chi connectivity index (χ1n) is 8.93. The van der Waals surface area contributed by atoms with Crippen LogP contribution in [0.3, 0.4) is 0 Å². The number of ether oxygens (including phenoxy) is 2. The molecule has 1 unspecified atom stereocenters. The highest BCUT2D eigenvalue weighted by Gasteiger charge is 2.36. The monoisotopic (exact) mass is 366 g/mol. The Morgan fingerprint density at radius 3 is 3.00 bits per heavy atom. The number of hydrogen-bond donors (Lipinski definition) is 1. The van der Waals surface area contributed by atoms with Crippen molar-refractivity contribution in [3.05, 3.63) is 65.2 Å². The second-order valence-corrected chi connectivity index (χ2v) is 6.75. The van der Waals surface area contributed by atoms with E-state index in [-0.39, 0.29) is 5.82 Å². The highest BCUT2D eigenvalue weighted by molar-refractivity contribution is 5.71. The molecule has 3 atom stereocenters. The molecule has 5 nitrogen and oxygen atoms in total. The maximum atomic E-state index is 13.6. The fourth-order valence-electron chi connectivity index (χ4n) is 3.36. The van der Waals surface area contributed by atoms with Gasteiger partial charge in [-0.15, -0.1) is 0 Å². The third-order valence-electron chi connectivity index (χ3n) is 4.75. The molecule has 2 fully saturated rings. The van der Waals surface area contributed by atoms with Crippen molar-refractivity contribution in [3.8, 4) is 11.8 Å². The van der Waals surface area contributed by atoms with Gasteiger partial charge in [0.05, 0.1) is 6.61 Å². The Morgan fingerprint density at radius 1 is 1.26 bits per heavy atom. The molecule has 0 saturated carbocycles. The van der Waals surface area contributed by atoms with E-state index in [2.05, 4.69) is 22.1 Å². The predicted octanol–water partition coefficient (Wildman–Crippen LogP) is 3.52. The lowest BCUT2D eigenvalue weighted by Gasteiger charge is -2.17. The summed E-state index contributed by atoms with van der Waals surface area (Å²) in [6, 6.07) is 7.51. The largest absolute Gasteiger partial charge is 0.439 e. The van der Waals surface area contributed by atoms with Gasteiger partial charge in [-0.2, -0.15) is 0 Å². The Hall–Kier alpha value is -2.91. The SMILES string of the molecule is O=C1N[C@H](c2cncc(C#CCC3CCOC3)c2)[C@@H](c2cccc(F)c2)O1. The van der Waals surface area contributed by atoms with Gasteiger partial charge in [-0.1, -0.05) is 24.0 Å². The average molecular weight is 366 g/mol. The molecule has 0 radical (unpaired) electrons. The number of amides is 1. The Bertz CT molecular complexity index is 900. The van der Waals surface area contributed by atoms with Crippen LogP contribution in [0.1, 0.15) is 41.7 Å².